The van der Waals surface area contributed by atoms with Gasteiger partial charge in [0.1, 0.15) is 0 Å². The minimum atomic E-state index is 0.150. The first-order valence-corrected chi connectivity index (χ1v) is 8.56. The van der Waals surface area contributed by atoms with Gasteiger partial charge >= 0.3 is 0 Å². The van der Waals surface area contributed by atoms with Crippen molar-refractivity contribution in [1.29, 1.82) is 0 Å². The van der Waals surface area contributed by atoms with Gasteiger partial charge in [0.25, 0.3) is 0 Å². The Kier molecular flexibility index (Phi) is 4.29. The summed E-state index contributed by atoms with van der Waals surface area (Å²) < 4.78 is 0. The summed E-state index contributed by atoms with van der Waals surface area (Å²) in [6.07, 6.45) is 2.50. The van der Waals surface area contributed by atoms with Crippen LogP contribution in [-0.2, 0) is 6.61 Å². The topological polar surface area (TPSA) is 39.6 Å². The lowest BCUT2D eigenvalue weighted by Crippen LogP contribution is -2.47. The largest absolute Gasteiger partial charge is 0.391 e. The number of nitrogens with zero attached hydrogens (tertiary/aromatic N) is 3. The number of hydrogen-bond acceptors (Lipinski definition) is 5. The van der Waals surface area contributed by atoms with Crippen LogP contribution in [0.2, 0.25) is 0 Å². The van der Waals surface area contributed by atoms with Crippen molar-refractivity contribution in [2.75, 3.05) is 37.6 Å². The van der Waals surface area contributed by atoms with E-state index < -0.39 is 0 Å². The molecular weight excluding hydrogens is 270 g/mol. The van der Waals surface area contributed by atoms with E-state index in [1.165, 1.54) is 25.1 Å². The second-order valence-electron chi connectivity index (χ2n) is 6.42. The minimum Gasteiger partial charge on any atom is -0.391 e. The Morgan fingerprint density at radius 1 is 1.25 bits per heavy atom. The number of anilines is 1. The summed E-state index contributed by atoms with van der Waals surface area (Å²) >= 11 is 1.70. The zero-order chi connectivity index (χ0) is 14.1. The van der Waals surface area contributed by atoms with Gasteiger partial charge in [-0.05, 0) is 18.8 Å². The Bertz CT molecular complexity index is 448. The first-order chi connectivity index (χ1) is 9.67. The summed E-state index contributed by atoms with van der Waals surface area (Å²) in [5, 5.41) is 10.6. The quantitative estimate of drug-likeness (QED) is 0.905. The zero-order valence-electron chi connectivity index (χ0n) is 12.5. The van der Waals surface area contributed by atoms with Crippen molar-refractivity contribution < 1.29 is 5.11 Å². The summed E-state index contributed by atoms with van der Waals surface area (Å²) in [5.41, 5.74) is 1.18. The Morgan fingerprint density at radius 2 is 1.95 bits per heavy atom. The highest BCUT2D eigenvalue weighted by molar-refractivity contribution is 7.15. The van der Waals surface area contributed by atoms with Crippen molar-refractivity contribution in [3.05, 3.63) is 10.6 Å². The molecule has 1 N–H and O–H groups in total. The number of aromatic nitrogens is 1. The number of thiazole rings is 1. The minimum absolute atomic E-state index is 0.150. The molecule has 1 saturated heterocycles. The van der Waals surface area contributed by atoms with Gasteiger partial charge in [0.2, 0.25) is 0 Å². The summed E-state index contributed by atoms with van der Waals surface area (Å²) in [5.74, 6) is 1.37. The van der Waals surface area contributed by atoms with Crippen molar-refractivity contribution in [1.82, 2.24) is 9.88 Å². The Hall–Kier alpha value is -0.650. The molecule has 1 aliphatic carbocycles. The lowest BCUT2D eigenvalue weighted by Gasteiger charge is -2.35. The van der Waals surface area contributed by atoms with E-state index in [1.807, 2.05) is 0 Å². The van der Waals surface area contributed by atoms with Crippen molar-refractivity contribution in [2.45, 2.75) is 39.2 Å². The molecule has 1 aromatic heterocycles. The van der Waals surface area contributed by atoms with Crippen molar-refractivity contribution in [3.63, 3.8) is 0 Å². The van der Waals surface area contributed by atoms with Crippen LogP contribution in [0.3, 0.4) is 0 Å². The van der Waals surface area contributed by atoms with Crippen LogP contribution >= 0.6 is 11.3 Å². The third-order valence-electron chi connectivity index (χ3n) is 4.09. The van der Waals surface area contributed by atoms with Crippen molar-refractivity contribution in [2.24, 2.45) is 5.92 Å². The van der Waals surface area contributed by atoms with Crippen LogP contribution in [0.1, 0.15) is 43.2 Å². The molecule has 2 heterocycles. The fourth-order valence-electron chi connectivity index (χ4n) is 2.91. The monoisotopic (exact) mass is 295 g/mol. The second kappa shape index (κ2) is 6.00. The summed E-state index contributed by atoms with van der Waals surface area (Å²) in [7, 11) is 0. The molecule has 1 aliphatic heterocycles. The summed E-state index contributed by atoms with van der Waals surface area (Å²) in [4.78, 5) is 10.8. The number of aliphatic hydroxyl groups is 1. The fraction of sp³-hybridized carbons (Fsp3) is 0.800. The lowest BCUT2D eigenvalue weighted by atomic mass is 10.2. The second-order valence-corrected chi connectivity index (χ2v) is 7.48. The van der Waals surface area contributed by atoms with E-state index >= 15 is 0 Å². The Balaban J connectivity index is 1.63. The van der Waals surface area contributed by atoms with Crippen LogP contribution in [0, 0.1) is 5.92 Å². The van der Waals surface area contributed by atoms with Gasteiger partial charge in [-0.3, -0.25) is 4.90 Å². The molecule has 0 aromatic carbocycles. The first-order valence-electron chi connectivity index (χ1n) is 7.75. The number of aliphatic hydroxyl groups excluding tert-OH is 1. The highest BCUT2D eigenvalue weighted by Gasteiger charge is 2.30. The molecule has 0 unspecified atom stereocenters. The standard InChI is InChI=1S/C15H25N3OS/c1-11(2)9-17-5-7-18(8-6-17)15-16-14(12-3-4-12)13(10-19)20-15/h11-12,19H,3-10H2,1-2H3. The molecule has 0 spiro atoms. The van der Waals surface area contributed by atoms with Crippen molar-refractivity contribution in [3.8, 4) is 0 Å². The maximum atomic E-state index is 9.49. The average Bonchev–Trinajstić information content (AvgIpc) is 3.18. The molecule has 5 heteroatoms. The third-order valence-corrected chi connectivity index (χ3v) is 5.21. The molecule has 2 fully saturated rings. The van der Waals surface area contributed by atoms with E-state index in [1.54, 1.807) is 11.3 Å². The molecule has 2 aliphatic rings. The molecule has 20 heavy (non-hydrogen) atoms. The number of hydrogen-bond donors (Lipinski definition) is 1. The van der Waals surface area contributed by atoms with Crippen LogP contribution in [0.4, 0.5) is 5.13 Å². The molecule has 4 nitrogen and oxygen atoms in total. The molecule has 0 amide bonds. The van der Waals surface area contributed by atoms with Gasteiger partial charge in [-0.1, -0.05) is 25.2 Å². The van der Waals surface area contributed by atoms with E-state index in [-0.39, 0.29) is 6.61 Å². The van der Waals surface area contributed by atoms with Gasteiger partial charge in [0.05, 0.1) is 17.2 Å². The summed E-state index contributed by atoms with van der Waals surface area (Å²) in [6, 6.07) is 0. The SMILES string of the molecule is CC(C)CN1CCN(c2nc(C3CC3)c(CO)s2)CC1. The Labute approximate surface area is 125 Å². The van der Waals surface area contributed by atoms with Gasteiger partial charge in [-0.15, -0.1) is 0 Å². The molecule has 112 valence electrons. The highest BCUT2D eigenvalue weighted by atomic mass is 32.1. The van der Waals surface area contributed by atoms with Crippen LogP contribution in [-0.4, -0.2) is 47.7 Å². The van der Waals surface area contributed by atoms with Crippen LogP contribution in [0.25, 0.3) is 0 Å². The fourth-order valence-corrected chi connectivity index (χ4v) is 3.97. The van der Waals surface area contributed by atoms with E-state index in [0.717, 1.165) is 42.1 Å². The summed E-state index contributed by atoms with van der Waals surface area (Å²) in [6.45, 7) is 10.3. The first kappa shape index (κ1) is 14.3. The molecular formula is C15H25N3OS. The Morgan fingerprint density at radius 3 is 2.50 bits per heavy atom. The van der Waals surface area contributed by atoms with Crippen molar-refractivity contribution >= 4 is 16.5 Å². The average molecular weight is 295 g/mol. The van der Waals surface area contributed by atoms with Gasteiger partial charge in [-0.2, -0.15) is 0 Å². The molecule has 3 rings (SSSR count). The molecule has 0 bridgehead atoms. The van der Waals surface area contributed by atoms with E-state index in [2.05, 4.69) is 23.6 Å². The molecule has 1 saturated carbocycles. The maximum absolute atomic E-state index is 9.49. The van der Waals surface area contributed by atoms with Gasteiger partial charge < -0.3 is 10.0 Å². The van der Waals surface area contributed by atoms with E-state index in [0.29, 0.717) is 5.92 Å². The number of piperazine rings is 1. The smallest absolute Gasteiger partial charge is 0.185 e. The third kappa shape index (κ3) is 3.15. The molecule has 0 atom stereocenters. The maximum Gasteiger partial charge on any atom is 0.185 e. The predicted octanol–water partition coefficient (Wildman–Crippen LogP) is 2.29. The molecule has 1 aromatic rings. The van der Waals surface area contributed by atoms with Crippen LogP contribution < -0.4 is 4.90 Å². The molecule has 0 radical (unpaired) electrons. The van der Waals surface area contributed by atoms with Crippen LogP contribution in [0.5, 0.6) is 0 Å². The number of rotatable bonds is 5. The zero-order valence-corrected chi connectivity index (χ0v) is 13.3. The van der Waals surface area contributed by atoms with E-state index in [9.17, 15) is 5.11 Å². The predicted molar refractivity (Wildman–Crippen MR) is 83.5 cm³/mol. The van der Waals surface area contributed by atoms with Gasteiger partial charge in [0, 0.05) is 38.6 Å². The van der Waals surface area contributed by atoms with E-state index in [4.69, 9.17) is 4.98 Å². The van der Waals surface area contributed by atoms with Gasteiger partial charge in [-0.25, -0.2) is 4.98 Å². The normalized spacial score (nSPS) is 20.9. The highest BCUT2D eigenvalue weighted by Crippen LogP contribution is 2.44. The van der Waals surface area contributed by atoms with Gasteiger partial charge in [0.15, 0.2) is 5.13 Å². The lowest BCUT2D eigenvalue weighted by molar-refractivity contribution is 0.231. The van der Waals surface area contributed by atoms with Crippen LogP contribution in [0.15, 0.2) is 0 Å².